The first-order valence-electron chi connectivity index (χ1n) is 8.91. The first kappa shape index (κ1) is 19.3. The molecule has 0 unspecified atom stereocenters. The Kier molecular flexibility index (Phi) is 6.16. The number of nitrogens with one attached hydrogen (secondary N) is 2. The standard InChI is InChI=1S/C21H21FN4O2/c1-14(2)28-19-10-6-5-9-17(19)24-21(27)18-11-12-20(26-25-18)23-13-15-7-3-4-8-16(15)22/h3-12,14H,13H2,1-2H3,(H,23,26)(H,24,27). The van der Waals surface area contributed by atoms with Gasteiger partial charge in [-0.25, -0.2) is 4.39 Å². The lowest BCUT2D eigenvalue weighted by molar-refractivity contribution is 0.102. The largest absolute Gasteiger partial charge is 0.489 e. The highest BCUT2D eigenvalue weighted by Crippen LogP contribution is 2.25. The van der Waals surface area contributed by atoms with E-state index in [1.54, 1.807) is 42.5 Å². The normalized spacial score (nSPS) is 10.6. The molecule has 0 saturated carbocycles. The molecule has 3 aromatic rings. The van der Waals surface area contributed by atoms with E-state index in [4.69, 9.17) is 4.74 Å². The minimum atomic E-state index is -0.395. The second-order valence-corrected chi connectivity index (χ2v) is 6.37. The Balaban J connectivity index is 1.63. The van der Waals surface area contributed by atoms with Crippen LogP contribution in [0.15, 0.2) is 60.7 Å². The summed E-state index contributed by atoms with van der Waals surface area (Å²) in [4.78, 5) is 12.4. The maximum atomic E-state index is 13.6. The molecule has 0 aliphatic heterocycles. The third kappa shape index (κ3) is 5.03. The van der Waals surface area contributed by atoms with Gasteiger partial charge in [0.25, 0.3) is 5.91 Å². The number of nitrogens with zero attached hydrogens (tertiary/aromatic N) is 2. The number of benzene rings is 2. The second kappa shape index (κ2) is 8.94. The lowest BCUT2D eigenvalue weighted by atomic mass is 10.2. The quantitative estimate of drug-likeness (QED) is 0.640. The minimum absolute atomic E-state index is 0.0161. The Morgan fingerprint density at radius 1 is 1.04 bits per heavy atom. The zero-order valence-corrected chi connectivity index (χ0v) is 15.6. The molecule has 28 heavy (non-hydrogen) atoms. The summed E-state index contributed by atoms with van der Waals surface area (Å²) in [5.41, 5.74) is 1.24. The van der Waals surface area contributed by atoms with E-state index in [1.165, 1.54) is 6.07 Å². The van der Waals surface area contributed by atoms with Gasteiger partial charge in [0.1, 0.15) is 17.4 Å². The van der Waals surface area contributed by atoms with Crippen LogP contribution < -0.4 is 15.4 Å². The number of hydrogen-bond donors (Lipinski definition) is 2. The van der Waals surface area contributed by atoms with E-state index in [-0.39, 0.29) is 24.2 Å². The lowest BCUT2D eigenvalue weighted by Gasteiger charge is -2.14. The van der Waals surface area contributed by atoms with Crippen molar-refractivity contribution >= 4 is 17.4 Å². The summed E-state index contributed by atoms with van der Waals surface area (Å²) >= 11 is 0. The van der Waals surface area contributed by atoms with E-state index in [1.807, 2.05) is 26.0 Å². The molecule has 0 radical (unpaired) electrons. The highest BCUT2D eigenvalue weighted by Gasteiger charge is 2.12. The molecule has 0 spiro atoms. The molecule has 1 heterocycles. The third-order valence-corrected chi connectivity index (χ3v) is 3.81. The minimum Gasteiger partial charge on any atom is -0.489 e. The summed E-state index contributed by atoms with van der Waals surface area (Å²) in [7, 11) is 0. The van der Waals surface area contributed by atoms with Crippen LogP contribution in [-0.2, 0) is 6.54 Å². The van der Waals surface area contributed by atoms with Crippen molar-refractivity contribution in [3.8, 4) is 5.75 Å². The van der Waals surface area contributed by atoms with Crippen LogP contribution in [0.1, 0.15) is 29.9 Å². The monoisotopic (exact) mass is 380 g/mol. The highest BCUT2D eigenvalue weighted by molar-refractivity contribution is 6.03. The van der Waals surface area contributed by atoms with E-state index >= 15 is 0 Å². The maximum Gasteiger partial charge on any atom is 0.276 e. The predicted octanol–water partition coefficient (Wildman–Crippen LogP) is 4.27. The van der Waals surface area contributed by atoms with Gasteiger partial charge in [0, 0.05) is 12.1 Å². The summed E-state index contributed by atoms with van der Waals surface area (Å²) in [5.74, 6) is 0.347. The number of anilines is 2. The molecule has 0 saturated heterocycles. The van der Waals surface area contributed by atoms with Crippen molar-refractivity contribution < 1.29 is 13.9 Å². The fraction of sp³-hybridized carbons (Fsp3) is 0.190. The van der Waals surface area contributed by atoms with Gasteiger partial charge in [-0.3, -0.25) is 4.79 Å². The van der Waals surface area contributed by atoms with Crippen molar-refractivity contribution in [2.75, 3.05) is 10.6 Å². The number of carbonyl (C=O) groups excluding carboxylic acids is 1. The van der Waals surface area contributed by atoms with Crippen LogP contribution in [0.3, 0.4) is 0 Å². The molecule has 0 atom stereocenters. The first-order chi connectivity index (χ1) is 13.5. The van der Waals surface area contributed by atoms with Gasteiger partial charge in [-0.15, -0.1) is 10.2 Å². The average Bonchev–Trinajstić information content (AvgIpc) is 2.69. The number of hydrogen-bond acceptors (Lipinski definition) is 5. The topological polar surface area (TPSA) is 76.1 Å². The number of rotatable bonds is 7. The Bertz CT molecular complexity index is 945. The van der Waals surface area contributed by atoms with Crippen LogP contribution >= 0.6 is 0 Å². The van der Waals surface area contributed by atoms with E-state index in [0.717, 1.165) is 0 Å². The van der Waals surface area contributed by atoms with Gasteiger partial charge in [-0.2, -0.15) is 0 Å². The molecule has 2 aromatic carbocycles. The number of para-hydroxylation sites is 2. The van der Waals surface area contributed by atoms with Crippen molar-refractivity contribution in [3.05, 3.63) is 77.7 Å². The number of carbonyl (C=O) groups is 1. The van der Waals surface area contributed by atoms with Gasteiger partial charge in [0.2, 0.25) is 0 Å². The zero-order chi connectivity index (χ0) is 19.9. The molecular weight excluding hydrogens is 359 g/mol. The Labute approximate surface area is 162 Å². The summed E-state index contributed by atoms with van der Waals surface area (Å²) in [6, 6.07) is 16.9. The Morgan fingerprint density at radius 3 is 2.50 bits per heavy atom. The van der Waals surface area contributed by atoms with E-state index < -0.39 is 5.91 Å². The van der Waals surface area contributed by atoms with Gasteiger partial charge < -0.3 is 15.4 Å². The molecular formula is C21H21FN4O2. The first-order valence-corrected chi connectivity index (χ1v) is 8.91. The smallest absolute Gasteiger partial charge is 0.276 e. The summed E-state index contributed by atoms with van der Waals surface area (Å²) < 4.78 is 19.3. The van der Waals surface area contributed by atoms with Crippen LogP contribution in [0.5, 0.6) is 5.75 Å². The molecule has 0 fully saturated rings. The second-order valence-electron chi connectivity index (χ2n) is 6.37. The van der Waals surface area contributed by atoms with Crippen LogP contribution in [0.25, 0.3) is 0 Å². The van der Waals surface area contributed by atoms with Gasteiger partial charge in [-0.05, 0) is 44.2 Å². The van der Waals surface area contributed by atoms with E-state index in [0.29, 0.717) is 22.8 Å². The highest BCUT2D eigenvalue weighted by atomic mass is 19.1. The predicted molar refractivity (Wildman–Crippen MR) is 106 cm³/mol. The third-order valence-electron chi connectivity index (χ3n) is 3.81. The lowest BCUT2D eigenvalue weighted by Crippen LogP contribution is -2.16. The maximum absolute atomic E-state index is 13.6. The van der Waals surface area contributed by atoms with Crippen LogP contribution in [0.2, 0.25) is 0 Å². The van der Waals surface area contributed by atoms with Gasteiger partial charge >= 0.3 is 0 Å². The van der Waals surface area contributed by atoms with Crippen LogP contribution in [0.4, 0.5) is 15.9 Å². The summed E-state index contributed by atoms with van der Waals surface area (Å²) in [5, 5.41) is 13.7. The van der Waals surface area contributed by atoms with E-state index in [2.05, 4.69) is 20.8 Å². The van der Waals surface area contributed by atoms with Crippen molar-refractivity contribution in [1.29, 1.82) is 0 Å². The molecule has 0 aliphatic rings. The molecule has 6 nitrogen and oxygen atoms in total. The van der Waals surface area contributed by atoms with Gasteiger partial charge in [0.05, 0.1) is 11.8 Å². The van der Waals surface area contributed by atoms with Gasteiger partial charge in [0.15, 0.2) is 5.69 Å². The number of aromatic nitrogens is 2. The van der Waals surface area contributed by atoms with E-state index in [9.17, 15) is 9.18 Å². The summed E-state index contributed by atoms with van der Waals surface area (Å²) in [6.07, 6.45) is -0.0161. The fourth-order valence-electron chi connectivity index (χ4n) is 2.49. The van der Waals surface area contributed by atoms with Crippen molar-refractivity contribution in [2.24, 2.45) is 0 Å². The molecule has 7 heteroatoms. The average molecular weight is 380 g/mol. The molecule has 1 amide bonds. The number of ether oxygens (including phenoxy) is 1. The Morgan fingerprint density at radius 2 is 1.79 bits per heavy atom. The number of halogens is 1. The molecule has 144 valence electrons. The summed E-state index contributed by atoms with van der Waals surface area (Å²) in [6.45, 7) is 4.10. The molecule has 1 aromatic heterocycles. The molecule has 3 rings (SSSR count). The van der Waals surface area contributed by atoms with Crippen molar-refractivity contribution in [1.82, 2.24) is 10.2 Å². The SMILES string of the molecule is CC(C)Oc1ccccc1NC(=O)c1ccc(NCc2ccccc2F)nn1. The van der Waals surface area contributed by atoms with Gasteiger partial charge in [-0.1, -0.05) is 30.3 Å². The van der Waals surface area contributed by atoms with Crippen molar-refractivity contribution in [2.45, 2.75) is 26.5 Å². The molecule has 2 N–H and O–H groups in total. The Hall–Kier alpha value is -3.48. The van der Waals surface area contributed by atoms with Crippen molar-refractivity contribution in [3.63, 3.8) is 0 Å². The zero-order valence-electron chi connectivity index (χ0n) is 15.6. The van der Waals surface area contributed by atoms with Crippen LogP contribution in [-0.4, -0.2) is 22.2 Å². The molecule has 0 aliphatic carbocycles. The fourth-order valence-corrected chi connectivity index (χ4v) is 2.49. The van der Waals surface area contributed by atoms with Crippen LogP contribution in [0, 0.1) is 5.82 Å². The number of amides is 1. The molecule has 0 bridgehead atoms.